The van der Waals surface area contributed by atoms with E-state index in [4.69, 9.17) is 17.0 Å². The van der Waals surface area contributed by atoms with E-state index in [-0.39, 0.29) is 11.7 Å². The number of nitrogens with zero attached hydrogens (tertiary/aromatic N) is 1. The molecule has 1 saturated heterocycles. The van der Waals surface area contributed by atoms with E-state index in [0.717, 1.165) is 0 Å². The minimum atomic E-state index is -0.143. The van der Waals surface area contributed by atoms with Crippen molar-refractivity contribution in [3.63, 3.8) is 0 Å². The Morgan fingerprint density at radius 1 is 1.45 bits per heavy atom. The Bertz CT molecular complexity index is 646. The fourth-order valence-corrected chi connectivity index (χ4v) is 3.57. The zero-order chi connectivity index (χ0) is 15.0. The first kappa shape index (κ1) is 15.8. The molecule has 1 heterocycles. The van der Waals surface area contributed by atoms with Crippen molar-refractivity contribution in [1.29, 1.82) is 0 Å². The van der Waals surface area contributed by atoms with Crippen molar-refractivity contribution in [2.45, 2.75) is 0 Å². The van der Waals surface area contributed by atoms with Crippen molar-refractivity contribution in [2.75, 3.05) is 14.2 Å². The van der Waals surface area contributed by atoms with Crippen LogP contribution in [0.4, 0.5) is 0 Å². The number of thioether (sulfide) groups is 1. The van der Waals surface area contributed by atoms with Crippen LogP contribution in [-0.2, 0) is 4.79 Å². The minimum Gasteiger partial charge on any atom is -0.503 e. The third-order valence-corrected chi connectivity index (χ3v) is 6.31. The number of thiocarbonyl (C=S) groups is 1. The average molecular weight is 439 g/mol. The van der Waals surface area contributed by atoms with Crippen molar-refractivity contribution in [3.8, 4) is 11.5 Å². The Hall–Kier alpha value is -0.570. The lowest BCUT2D eigenvalue weighted by molar-refractivity contribution is -0.121. The van der Waals surface area contributed by atoms with Crippen LogP contribution in [0.2, 0.25) is 0 Å². The quantitative estimate of drug-likeness (QED) is 0.562. The molecule has 106 valence electrons. The average Bonchev–Trinajstić information content (AvgIpc) is 2.67. The number of benzene rings is 1. The highest BCUT2D eigenvalue weighted by molar-refractivity contribution is 9.13. The molecule has 1 aromatic carbocycles. The third kappa shape index (κ3) is 2.74. The Morgan fingerprint density at radius 2 is 2.10 bits per heavy atom. The number of phenols is 1. The number of carbonyl (C=O) groups excluding carboxylic acids is 1. The summed E-state index contributed by atoms with van der Waals surface area (Å²) >= 11 is 13.0. The molecule has 1 aromatic rings. The van der Waals surface area contributed by atoms with E-state index >= 15 is 0 Å². The smallest absolute Gasteiger partial charge is 0.265 e. The maximum absolute atomic E-state index is 12.0. The molecule has 8 heteroatoms. The summed E-state index contributed by atoms with van der Waals surface area (Å²) in [6.45, 7) is 0. The largest absolute Gasteiger partial charge is 0.503 e. The van der Waals surface area contributed by atoms with Gasteiger partial charge in [-0.25, -0.2) is 0 Å². The standard InChI is InChI=1S/C12H9Br2NO3S2/c1-15-11(17)7(20-12(15)19)4-5-3-6(18-2)10(16)9(14)8(5)13/h3-4,16H,1-2H3/b7-4-. The number of phenolic OH excluding ortho intramolecular Hbond substituents is 1. The number of methoxy groups -OCH3 is 1. The number of hydrogen-bond acceptors (Lipinski definition) is 5. The zero-order valence-electron chi connectivity index (χ0n) is 10.4. The maximum Gasteiger partial charge on any atom is 0.265 e. The number of carbonyl (C=O) groups is 1. The molecule has 1 aliphatic rings. The van der Waals surface area contributed by atoms with Gasteiger partial charge in [-0.05, 0) is 49.6 Å². The molecule has 0 radical (unpaired) electrons. The number of aromatic hydroxyl groups is 1. The number of halogens is 2. The lowest BCUT2D eigenvalue weighted by atomic mass is 10.2. The molecular weight excluding hydrogens is 430 g/mol. The van der Waals surface area contributed by atoms with Gasteiger partial charge >= 0.3 is 0 Å². The Labute approximate surface area is 142 Å². The highest BCUT2D eigenvalue weighted by Crippen LogP contribution is 2.43. The third-order valence-electron chi connectivity index (χ3n) is 2.67. The number of amides is 1. The van der Waals surface area contributed by atoms with Gasteiger partial charge in [-0.3, -0.25) is 9.69 Å². The van der Waals surface area contributed by atoms with Gasteiger partial charge in [0.05, 0.1) is 16.5 Å². The van der Waals surface area contributed by atoms with Crippen LogP contribution in [0.3, 0.4) is 0 Å². The van der Waals surface area contributed by atoms with Gasteiger partial charge in [0.1, 0.15) is 4.32 Å². The molecule has 0 spiro atoms. The summed E-state index contributed by atoms with van der Waals surface area (Å²) in [6.07, 6.45) is 1.71. The normalized spacial score (nSPS) is 17.2. The van der Waals surface area contributed by atoms with E-state index in [1.165, 1.54) is 23.8 Å². The van der Waals surface area contributed by atoms with E-state index in [1.807, 2.05) is 0 Å². The summed E-state index contributed by atoms with van der Waals surface area (Å²) in [5, 5.41) is 9.88. The number of ether oxygens (including phenoxy) is 1. The highest BCUT2D eigenvalue weighted by Gasteiger charge is 2.29. The summed E-state index contributed by atoms with van der Waals surface area (Å²) in [6, 6.07) is 1.65. The van der Waals surface area contributed by atoms with Gasteiger partial charge in [0.2, 0.25) is 0 Å². The number of rotatable bonds is 2. The molecule has 0 bridgehead atoms. The van der Waals surface area contributed by atoms with E-state index < -0.39 is 0 Å². The van der Waals surface area contributed by atoms with Crippen LogP contribution in [0.1, 0.15) is 5.56 Å². The summed E-state index contributed by atoms with van der Waals surface area (Å²) in [5.74, 6) is 0.174. The monoisotopic (exact) mass is 437 g/mol. The van der Waals surface area contributed by atoms with Gasteiger partial charge in [-0.2, -0.15) is 0 Å². The van der Waals surface area contributed by atoms with Crippen LogP contribution in [0.15, 0.2) is 19.9 Å². The molecule has 0 unspecified atom stereocenters. The Balaban J connectivity index is 2.52. The number of likely N-dealkylation sites (N-methyl/N-ethyl adjacent to an activating group) is 1. The van der Waals surface area contributed by atoms with E-state index in [9.17, 15) is 9.90 Å². The van der Waals surface area contributed by atoms with Gasteiger partial charge in [-0.1, -0.05) is 24.0 Å². The van der Waals surface area contributed by atoms with Gasteiger partial charge < -0.3 is 9.84 Å². The molecule has 1 aliphatic heterocycles. The lowest BCUT2D eigenvalue weighted by Gasteiger charge is -2.10. The topological polar surface area (TPSA) is 49.8 Å². The molecule has 0 atom stereocenters. The van der Waals surface area contributed by atoms with Crippen molar-refractivity contribution in [1.82, 2.24) is 4.90 Å². The van der Waals surface area contributed by atoms with Crippen LogP contribution < -0.4 is 4.74 Å². The summed E-state index contributed by atoms with van der Waals surface area (Å²) < 4.78 is 6.72. The molecule has 1 amide bonds. The van der Waals surface area contributed by atoms with Crippen LogP contribution in [-0.4, -0.2) is 34.4 Å². The van der Waals surface area contributed by atoms with Crippen molar-refractivity contribution in [2.24, 2.45) is 0 Å². The van der Waals surface area contributed by atoms with Crippen molar-refractivity contribution in [3.05, 3.63) is 25.5 Å². The zero-order valence-corrected chi connectivity index (χ0v) is 15.2. The summed E-state index contributed by atoms with van der Waals surface area (Å²) in [7, 11) is 3.10. The molecule has 20 heavy (non-hydrogen) atoms. The first-order valence-corrected chi connectivity index (χ1v) is 8.14. The molecule has 1 fully saturated rings. The van der Waals surface area contributed by atoms with Crippen LogP contribution in [0.25, 0.3) is 6.08 Å². The van der Waals surface area contributed by atoms with E-state index in [1.54, 1.807) is 19.2 Å². The molecule has 1 N–H and O–H groups in total. The molecular formula is C12H9Br2NO3S2. The molecule has 0 saturated carbocycles. The summed E-state index contributed by atoms with van der Waals surface area (Å²) in [5.41, 5.74) is 0.709. The van der Waals surface area contributed by atoms with Gasteiger partial charge in [0.15, 0.2) is 11.5 Å². The van der Waals surface area contributed by atoms with Crippen molar-refractivity contribution >= 4 is 72.1 Å². The second-order valence-electron chi connectivity index (χ2n) is 3.89. The molecule has 2 rings (SSSR count). The highest BCUT2D eigenvalue weighted by atomic mass is 79.9. The second-order valence-corrected chi connectivity index (χ2v) is 7.15. The maximum atomic E-state index is 12.0. The first-order chi connectivity index (χ1) is 9.36. The SMILES string of the molecule is COc1cc(/C=C2\SC(=S)N(C)C2=O)c(Br)c(Br)c1O. The molecule has 0 aliphatic carbocycles. The second kappa shape index (κ2) is 6.05. The predicted octanol–water partition coefficient (Wildman–Crippen LogP) is 3.76. The van der Waals surface area contributed by atoms with Crippen LogP contribution in [0.5, 0.6) is 11.5 Å². The van der Waals surface area contributed by atoms with Gasteiger partial charge in [-0.15, -0.1) is 0 Å². The molecule has 4 nitrogen and oxygen atoms in total. The molecule has 0 aromatic heterocycles. The summed E-state index contributed by atoms with van der Waals surface area (Å²) in [4.78, 5) is 13.9. The Kier molecular flexibility index (Phi) is 4.78. The Morgan fingerprint density at radius 3 is 2.60 bits per heavy atom. The van der Waals surface area contributed by atoms with E-state index in [0.29, 0.717) is 29.5 Å². The van der Waals surface area contributed by atoms with Crippen molar-refractivity contribution < 1.29 is 14.6 Å². The van der Waals surface area contributed by atoms with Gasteiger partial charge in [0, 0.05) is 11.5 Å². The predicted molar refractivity (Wildman–Crippen MR) is 91.0 cm³/mol. The minimum absolute atomic E-state index is 0.000402. The first-order valence-electron chi connectivity index (χ1n) is 5.33. The fourth-order valence-electron chi connectivity index (χ4n) is 1.56. The van der Waals surface area contributed by atoms with Crippen LogP contribution in [0, 0.1) is 0 Å². The van der Waals surface area contributed by atoms with Crippen LogP contribution >= 0.6 is 55.8 Å². The fraction of sp³-hybridized carbons (Fsp3) is 0.167. The van der Waals surface area contributed by atoms with Gasteiger partial charge in [0.25, 0.3) is 5.91 Å². The number of hydrogen-bond donors (Lipinski definition) is 1. The van der Waals surface area contributed by atoms with E-state index in [2.05, 4.69) is 31.9 Å². The lowest BCUT2D eigenvalue weighted by Crippen LogP contribution is -2.22.